The Kier molecular flexibility index (Phi) is 3.44. The maximum atomic E-state index is 4.20. The third-order valence-corrected chi connectivity index (χ3v) is 2.40. The van der Waals surface area contributed by atoms with Crippen LogP contribution in [0.1, 0.15) is 11.3 Å². The Hall–Kier alpha value is -2.24. The van der Waals surface area contributed by atoms with E-state index in [-0.39, 0.29) is 0 Å². The van der Waals surface area contributed by atoms with Gasteiger partial charge in [0.2, 0.25) is 0 Å². The van der Waals surface area contributed by atoms with Gasteiger partial charge in [0.15, 0.2) is 0 Å². The van der Waals surface area contributed by atoms with E-state index in [9.17, 15) is 0 Å². The van der Waals surface area contributed by atoms with E-state index < -0.39 is 0 Å². The smallest absolute Gasteiger partial charge is 0.134 e. The maximum absolute atomic E-state index is 4.20. The van der Waals surface area contributed by atoms with Crippen molar-refractivity contribution in [2.45, 2.75) is 13.5 Å². The molecule has 2 N–H and O–H groups in total. The van der Waals surface area contributed by atoms with E-state index in [0.717, 1.165) is 22.9 Å². The molecule has 6 nitrogen and oxygen atoms in total. The highest BCUT2D eigenvalue weighted by Crippen LogP contribution is 2.17. The number of aromatic nitrogens is 4. The third-order valence-electron chi connectivity index (χ3n) is 2.40. The van der Waals surface area contributed by atoms with Crippen LogP contribution in [0.2, 0.25) is 0 Å². The molecule has 0 aliphatic carbocycles. The molecule has 6 heteroatoms. The molecule has 2 aromatic rings. The Labute approximate surface area is 99.6 Å². The molecular weight excluding hydrogens is 216 g/mol. The topological polar surface area (TPSA) is 75.6 Å². The van der Waals surface area contributed by atoms with E-state index in [4.69, 9.17) is 0 Å². The van der Waals surface area contributed by atoms with Gasteiger partial charge in [-0.3, -0.25) is 0 Å². The molecule has 0 atom stereocenters. The lowest BCUT2D eigenvalue weighted by Crippen LogP contribution is -2.07. The highest BCUT2D eigenvalue weighted by Gasteiger charge is 2.05. The summed E-state index contributed by atoms with van der Waals surface area (Å²) in [7, 11) is 1.84. The summed E-state index contributed by atoms with van der Waals surface area (Å²) in [6, 6.07) is 1.86. The first-order chi connectivity index (χ1) is 8.31. The van der Waals surface area contributed by atoms with Crippen LogP contribution in [0, 0.1) is 6.92 Å². The Balaban J connectivity index is 2.09. The van der Waals surface area contributed by atoms with Crippen molar-refractivity contribution in [1.82, 2.24) is 19.9 Å². The summed E-state index contributed by atoms with van der Waals surface area (Å²) >= 11 is 0. The fraction of sp³-hybridized carbons (Fsp3) is 0.273. The third kappa shape index (κ3) is 2.66. The molecule has 0 aliphatic rings. The number of nitrogens with one attached hydrogen (secondary N) is 2. The van der Waals surface area contributed by atoms with Crippen molar-refractivity contribution in [2.75, 3.05) is 17.7 Å². The van der Waals surface area contributed by atoms with Crippen molar-refractivity contribution in [3.05, 3.63) is 36.2 Å². The van der Waals surface area contributed by atoms with Crippen LogP contribution in [0.4, 0.5) is 11.6 Å². The molecule has 0 spiro atoms. The van der Waals surface area contributed by atoms with Gasteiger partial charge in [0, 0.05) is 18.8 Å². The second-order valence-corrected chi connectivity index (χ2v) is 3.50. The lowest BCUT2D eigenvalue weighted by Gasteiger charge is -2.10. The lowest BCUT2D eigenvalue weighted by molar-refractivity contribution is 0.985. The number of rotatable bonds is 4. The number of hydrogen-bond donors (Lipinski definition) is 2. The van der Waals surface area contributed by atoms with Crippen LogP contribution in [0.3, 0.4) is 0 Å². The molecule has 0 fully saturated rings. The van der Waals surface area contributed by atoms with Crippen molar-refractivity contribution in [3.63, 3.8) is 0 Å². The number of anilines is 2. The predicted molar refractivity (Wildman–Crippen MR) is 65.7 cm³/mol. The van der Waals surface area contributed by atoms with E-state index in [1.807, 2.05) is 20.0 Å². The fourth-order valence-electron chi connectivity index (χ4n) is 1.48. The van der Waals surface area contributed by atoms with Crippen LogP contribution in [0.5, 0.6) is 0 Å². The molecule has 2 heterocycles. The van der Waals surface area contributed by atoms with Gasteiger partial charge < -0.3 is 10.6 Å². The van der Waals surface area contributed by atoms with Crippen LogP contribution in [-0.4, -0.2) is 27.0 Å². The molecule has 0 amide bonds. The van der Waals surface area contributed by atoms with Gasteiger partial charge in [0.25, 0.3) is 0 Å². The molecule has 0 aromatic carbocycles. The largest absolute Gasteiger partial charge is 0.373 e. The molecule has 0 aliphatic heterocycles. The van der Waals surface area contributed by atoms with Gasteiger partial charge >= 0.3 is 0 Å². The van der Waals surface area contributed by atoms with E-state index >= 15 is 0 Å². The second kappa shape index (κ2) is 5.20. The predicted octanol–water partition coefficient (Wildman–Crippen LogP) is 1.23. The van der Waals surface area contributed by atoms with E-state index in [1.54, 1.807) is 6.20 Å². The number of nitrogens with zero attached hydrogens (tertiary/aromatic N) is 4. The van der Waals surface area contributed by atoms with Crippen molar-refractivity contribution < 1.29 is 0 Å². The molecule has 17 heavy (non-hydrogen) atoms. The highest BCUT2D eigenvalue weighted by atomic mass is 15.1. The average Bonchev–Trinajstić information content (AvgIpc) is 2.39. The van der Waals surface area contributed by atoms with Gasteiger partial charge in [-0.2, -0.15) is 0 Å². The van der Waals surface area contributed by atoms with Crippen LogP contribution in [-0.2, 0) is 6.54 Å². The van der Waals surface area contributed by atoms with Crippen LogP contribution >= 0.6 is 0 Å². The molecule has 2 rings (SSSR count). The van der Waals surface area contributed by atoms with Crippen molar-refractivity contribution in [1.29, 1.82) is 0 Å². The van der Waals surface area contributed by atoms with Crippen molar-refractivity contribution in [3.8, 4) is 0 Å². The van der Waals surface area contributed by atoms with Gasteiger partial charge in [-0.15, -0.1) is 0 Å². The van der Waals surface area contributed by atoms with E-state index in [1.165, 1.54) is 12.7 Å². The molecule has 0 radical (unpaired) electrons. The summed E-state index contributed by atoms with van der Waals surface area (Å²) in [6.45, 7) is 2.58. The zero-order valence-corrected chi connectivity index (χ0v) is 9.81. The summed E-state index contributed by atoms with van der Waals surface area (Å²) < 4.78 is 0. The van der Waals surface area contributed by atoms with Crippen molar-refractivity contribution in [2.24, 2.45) is 0 Å². The van der Waals surface area contributed by atoms with Gasteiger partial charge in [-0.05, 0) is 13.0 Å². The Bertz CT molecular complexity index is 485. The van der Waals surface area contributed by atoms with Gasteiger partial charge in [-0.1, -0.05) is 0 Å². The van der Waals surface area contributed by atoms with Crippen LogP contribution in [0.15, 0.2) is 24.9 Å². The van der Waals surface area contributed by atoms with E-state index in [2.05, 4.69) is 30.6 Å². The second-order valence-electron chi connectivity index (χ2n) is 3.50. The van der Waals surface area contributed by atoms with Gasteiger partial charge in [-0.25, -0.2) is 19.9 Å². The Morgan fingerprint density at radius 3 is 2.65 bits per heavy atom. The first kappa shape index (κ1) is 11.3. The average molecular weight is 230 g/mol. The maximum Gasteiger partial charge on any atom is 0.134 e. The van der Waals surface area contributed by atoms with Gasteiger partial charge in [0.1, 0.15) is 24.3 Å². The van der Waals surface area contributed by atoms with Crippen LogP contribution < -0.4 is 10.6 Å². The quantitative estimate of drug-likeness (QED) is 0.822. The molecule has 0 unspecified atom stereocenters. The highest BCUT2D eigenvalue weighted by molar-refractivity contribution is 5.56. The summed E-state index contributed by atoms with van der Waals surface area (Å²) in [5, 5.41) is 6.24. The Morgan fingerprint density at radius 1 is 1.12 bits per heavy atom. The summed E-state index contributed by atoms with van der Waals surface area (Å²) in [4.78, 5) is 16.3. The standard InChI is InChI=1S/C11H14N6/c1-8-10(12-2)16-7-17-11(8)14-5-9-3-4-13-6-15-9/h3-4,6-7H,5H2,1-2H3,(H2,12,14,16,17). The molecule has 0 bridgehead atoms. The summed E-state index contributed by atoms with van der Waals surface area (Å²) in [6.07, 6.45) is 4.78. The molecule has 0 saturated carbocycles. The minimum absolute atomic E-state index is 0.615. The molecular formula is C11H14N6. The van der Waals surface area contributed by atoms with E-state index in [0.29, 0.717) is 6.54 Å². The van der Waals surface area contributed by atoms with Crippen molar-refractivity contribution >= 4 is 11.6 Å². The first-order valence-electron chi connectivity index (χ1n) is 5.29. The minimum atomic E-state index is 0.615. The van der Waals surface area contributed by atoms with Crippen LogP contribution in [0.25, 0.3) is 0 Å². The van der Waals surface area contributed by atoms with Gasteiger partial charge in [0.05, 0.1) is 12.2 Å². The first-order valence-corrected chi connectivity index (χ1v) is 5.29. The molecule has 0 saturated heterocycles. The zero-order valence-electron chi connectivity index (χ0n) is 9.81. The lowest BCUT2D eigenvalue weighted by atomic mass is 10.3. The zero-order chi connectivity index (χ0) is 12.1. The SMILES string of the molecule is CNc1ncnc(NCc2ccncn2)c1C. The minimum Gasteiger partial charge on any atom is -0.373 e. The monoisotopic (exact) mass is 230 g/mol. The Morgan fingerprint density at radius 2 is 1.94 bits per heavy atom. The normalized spacial score (nSPS) is 10.0. The molecule has 88 valence electrons. The number of hydrogen-bond acceptors (Lipinski definition) is 6. The summed E-state index contributed by atoms with van der Waals surface area (Å²) in [5.74, 6) is 1.63. The fourth-order valence-corrected chi connectivity index (χ4v) is 1.48. The molecule has 2 aromatic heterocycles. The summed E-state index contributed by atoms with van der Waals surface area (Å²) in [5.41, 5.74) is 1.91.